The minimum absolute atomic E-state index is 0.00210. The maximum Gasteiger partial charge on any atom is 0.135 e. The van der Waals surface area contributed by atoms with Gasteiger partial charge in [0.15, 0.2) is 0 Å². The molecule has 1 aromatic rings. The fourth-order valence-corrected chi connectivity index (χ4v) is 1.69. The Balaban J connectivity index is 2.14. The van der Waals surface area contributed by atoms with Gasteiger partial charge in [0.1, 0.15) is 6.23 Å². The van der Waals surface area contributed by atoms with Crippen molar-refractivity contribution in [1.29, 1.82) is 0 Å². The molecule has 1 aliphatic heterocycles. The molecule has 2 rings (SSSR count). The standard InChI is InChI=1S/C11H14ClNO/c1-11(2)7-13-10(14-11)8-3-5-9(12)6-4-8/h3-6,10,13H,7H2,1-2H3. The molecule has 0 amide bonds. The van der Waals surface area contributed by atoms with Gasteiger partial charge in [0.2, 0.25) is 0 Å². The zero-order valence-corrected chi connectivity index (χ0v) is 9.14. The summed E-state index contributed by atoms with van der Waals surface area (Å²) in [6.45, 7) is 5.03. The Bertz CT molecular complexity index is 321. The Morgan fingerprint density at radius 3 is 2.50 bits per heavy atom. The van der Waals surface area contributed by atoms with Crippen LogP contribution in [0.15, 0.2) is 24.3 Å². The van der Waals surface area contributed by atoms with Crippen molar-refractivity contribution >= 4 is 11.6 Å². The first-order valence-electron chi connectivity index (χ1n) is 4.73. The predicted octanol–water partition coefficient (Wildman–Crippen LogP) is 2.74. The van der Waals surface area contributed by atoms with Crippen LogP contribution in [-0.4, -0.2) is 12.1 Å². The molecule has 3 heteroatoms. The van der Waals surface area contributed by atoms with Gasteiger partial charge in [0.25, 0.3) is 0 Å². The van der Waals surface area contributed by atoms with Crippen molar-refractivity contribution in [3.8, 4) is 0 Å². The van der Waals surface area contributed by atoms with Crippen LogP contribution in [0.1, 0.15) is 25.6 Å². The van der Waals surface area contributed by atoms with Crippen LogP contribution >= 0.6 is 11.6 Å². The molecule has 0 aromatic heterocycles. The second-order valence-corrected chi connectivity index (χ2v) is 4.63. The topological polar surface area (TPSA) is 21.3 Å². The number of hydrogen-bond donors (Lipinski definition) is 1. The van der Waals surface area contributed by atoms with Gasteiger partial charge in [-0.05, 0) is 31.5 Å². The Hall–Kier alpha value is -0.570. The van der Waals surface area contributed by atoms with Gasteiger partial charge in [-0.1, -0.05) is 23.7 Å². The van der Waals surface area contributed by atoms with Crippen molar-refractivity contribution in [2.75, 3.05) is 6.54 Å². The summed E-state index contributed by atoms with van der Waals surface area (Å²) in [6, 6.07) is 7.74. The van der Waals surface area contributed by atoms with Crippen molar-refractivity contribution in [3.05, 3.63) is 34.9 Å². The molecule has 1 heterocycles. The molecule has 2 nitrogen and oxygen atoms in total. The number of nitrogens with one attached hydrogen (secondary N) is 1. The quantitative estimate of drug-likeness (QED) is 0.772. The Morgan fingerprint density at radius 2 is 2.00 bits per heavy atom. The van der Waals surface area contributed by atoms with E-state index in [1.807, 2.05) is 24.3 Å². The molecule has 1 fully saturated rings. The minimum Gasteiger partial charge on any atom is -0.352 e. The molecule has 1 atom stereocenters. The highest BCUT2D eigenvalue weighted by atomic mass is 35.5. The smallest absolute Gasteiger partial charge is 0.135 e. The van der Waals surface area contributed by atoms with Crippen molar-refractivity contribution in [1.82, 2.24) is 5.32 Å². The molecular weight excluding hydrogens is 198 g/mol. The first kappa shape index (κ1) is 9.97. The van der Waals surface area contributed by atoms with Crippen molar-refractivity contribution in [3.63, 3.8) is 0 Å². The third kappa shape index (κ3) is 2.08. The van der Waals surface area contributed by atoms with E-state index in [-0.39, 0.29) is 11.8 Å². The maximum absolute atomic E-state index is 5.82. The van der Waals surface area contributed by atoms with Gasteiger partial charge in [-0.2, -0.15) is 0 Å². The van der Waals surface area contributed by atoms with Gasteiger partial charge < -0.3 is 4.74 Å². The monoisotopic (exact) mass is 211 g/mol. The molecule has 0 saturated carbocycles. The van der Waals surface area contributed by atoms with Crippen molar-refractivity contribution in [2.45, 2.75) is 25.7 Å². The normalized spacial score (nSPS) is 25.2. The predicted molar refractivity (Wildman–Crippen MR) is 57.4 cm³/mol. The molecule has 0 aliphatic carbocycles. The Labute approximate surface area is 89.2 Å². The van der Waals surface area contributed by atoms with E-state index in [0.717, 1.165) is 17.1 Å². The fraction of sp³-hybridized carbons (Fsp3) is 0.455. The van der Waals surface area contributed by atoms with E-state index in [4.69, 9.17) is 16.3 Å². The van der Waals surface area contributed by atoms with Gasteiger partial charge in [0.05, 0.1) is 5.60 Å². The van der Waals surface area contributed by atoms with Crippen LogP contribution in [-0.2, 0) is 4.74 Å². The first-order valence-corrected chi connectivity index (χ1v) is 5.11. The lowest BCUT2D eigenvalue weighted by Crippen LogP contribution is -2.23. The van der Waals surface area contributed by atoms with E-state index in [2.05, 4.69) is 19.2 Å². The maximum atomic E-state index is 5.82. The summed E-state index contributed by atoms with van der Waals surface area (Å²) in [6.07, 6.45) is 0.00210. The highest BCUT2D eigenvalue weighted by Gasteiger charge is 2.31. The van der Waals surface area contributed by atoms with Crippen LogP contribution in [0.25, 0.3) is 0 Å². The number of hydrogen-bond acceptors (Lipinski definition) is 2. The van der Waals surface area contributed by atoms with Crippen LogP contribution in [0.4, 0.5) is 0 Å². The van der Waals surface area contributed by atoms with Gasteiger partial charge in [-0.3, -0.25) is 5.32 Å². The largest absolute Gasteiger partial charge is 0.352 e. The summed E-state index contributed by atoms with van der Waals surface area (Å²) >= 11 is 5.81. The van der Waals surface area contributed by atoms with Crippen molar-refractivity contribution < 1.29 is 4.74 Å². The van der Waals surface area contributed by atoms with Crippen LogP contribution in [0, 0.1) is 0 Å². The second-order valence-electron chi connectivity index (χ2n) is 4.19. The summed E-state index contributed by atoms with van der Waals surface area (Å²) in [5, 5.41) is 4.07. The molecule has 1 unspecified atom stereocenters. The zero-order chi connectivity index (χ0) is 10.2. The molecule has 1 saturated heterocycles. The van der Waals surface area contributed by atoms with Crippen LogP contribution in [0.5, 0.6) is 0 Å². The van der Waals surface area contributed by atoms with Crippen LogP contribution in [0.2, 0.25) is 5.02 Å². The average molecular weight is 212 g/mol. The zero-order valence-electron chi connectivity index (χ0n) is 8.38. The van der Waals surface area contributed by atoms with Gasteiger partial charge in [-0.15, -0.1) is 0 Å². The number of benzene rings is 1. The highest BCUT2D eigenvalue weighted by Crippen LogP contribution is 2.28. The molecular formula is C11H14ClNO. The SMILES string of the molecule is CC1(C)CNC(c2ccc(Cl)cc2)O1. The Morgan fingerprint density at radius 1 is 1.36 bits per heavy atom. The average Bonchev–Trinajstić information content (AvgIpc) is 2.47. The minimum atomic E-state index is -0.0791. The van der Waals surface area contributed by atoms with Crippen LogP contribution in [0.3, 0.4) is 0 Å². The van der Waals surface area contributed by atoms with Gasteiger partial charge >= 0.3 is 0 Å². The summed E-state index contributed by atoms with van der Waals surface area (Å²) in [4.78, 5) is 0. The summed E-state index contributed by atoms with van der Waals surface area (Å²) in [5.74, 6) is 0. The lowest BCUT2D eigenvalue weighted by Gasteiger charge is -2.17. The summed E-state index contributed by atoms with van der Waals surface area (Å²) < 4.78 is 5.82. The molecule has 1 aliphatic rings. The lowest BCUT2D eigenvalue weighted by molar-refractivity contribution is -0.0155. The molecule has 0 radical (unpaired) electrons. The number of halogens is 1. The van der Waals surface area contributed by atoms with E-state index < -0.39 is 0 Å². The molecule has 1 aromatic carbocycles. The number of rotatable bonds is 1. The third-order valence-electron chi connectivity index (χ3n) is 2.32. The summed E-state index contributed by atoms with van der Waals surface area (Å²) in [5.41, 5.74) is 1.05. The second kappa shape index (κ2) is 3.54. The molecule has 1 N–H and O–H groups in total. The first-order chi connectivity index (χ1) is 6.57. The van der Waals surface area contributed by atoms with E-state index >= 15 is 0 Å². The van der Waals surface area contributed by atoms with Crippen LogP contribution < -0.4 is 5.32 Å². The molecule has 0 bridgehead atoms. The van der Waals surface area contributed by atoms with E-state index in [1.165, 1.54) is 0 Å². The third-order valence-corrected chi connectivity index (χ3v) is 2.57. The summed E-state index contributed by atoms with van der Waals surface area (Å²) in [7, 11) is 0. The fourth-order valence-electron chi connectivity index (χ4n) is 1.56. The van der Waals surface area contributed by atoms with E-state index in [1.54, 1.807) is 0 Å². The van der Waals surface area contributed by atoms with Gasteiger partial charge in [0, 0.05) is 11.6 Å². The Kier molecular flexibility index (Phi) is 2.52. The van der Waals surface area contributed by atoms with Crippen molar-refractivity contribution in [2.24, 2.45) is 0 Å². The highest BCUT2D eigenvalue weighted by molar-refractivity contribution is 6.30. The number of ether oxygens (including phenoxy) is 1. The molecule has 76 valence electrons. The molecule has 14 heavy (non-hydrogen) atoms. The van der Waals surface area contributed by atoms with Gasteiger partial charge in [-0.25, -0.2) is 0 Å². The van der Waals surface area contributed by atoms with E-state index in [9.17, 15) is 0 Å². The van der Waals surface area contributed by atoms with E-state index in [0.29, 0.717) is 0 Å². The lowest BCUT2D eigenvalue weighted by atomic mass is 10.1. The molecule has 0 spiro atoms.